The zero-order valence-corrected chi connectivity index (χ0v) is 14.3. The lowest BCUT2D eigenvalue weighted by molar-refractivity contribution is -0.143. The normalized spacial score (nSPS) is 15.2. The highest BCUT2D eigenvalue weighted by Gasteiger charge is 2.28. The average Bonchev–Trinajstić information content (AvgIpc) is 3.03. The Bertz CT molecular complexity index is 774. The molecule has 1 fully saturated rings. The predicted molar refractivity (Wildman–Crippen MR) is 91.1 cm³/mol. The van der Waals surface area contributed by atoms with E-state index in [4.69, 9.17) is 9.84 Å². The number of ether oxygens (including phenoxy) is 1. The first kappa shape index (κ1) is 17.0. The quantitative estimate of drug-likeness (QED) is 0.919. The van der Waals surface area contributed by atoms with Gasteiger partial charge in [0.05, 0.1) is 18.7 Å². The van der Waals surface area contributed by atoms with E-state index in [-0.39, 0.29) is 11.8 Å². The molecule has 1 aromatic carbocycles. The Labute approximate surface area is 145 Å². The Balaban J connectivity index is 1.75. The maximum atomic E-state index is 12.7. The number of hydrogen-bond acceptors (Lipinski definition) is 4. The number of likely N-dealkylation sites (tertiary alicyclic amines) is 1. The van der Waals surface area contributed by atoms with E-state index >= 15 is 0 Å². The van der Waals surface area contributed by atoms with Gasteiger partial charge in [-0.05, 0) is 50.1 Å². The number of carbonyl (C=O) groups is 2. The Morgan fingerprint density at radius 2 is 1.84 bits per heavy atom. The lowest BCUT2D eigenvalue weighted by Crippen LogP contribution is -2.40. The summed E-state index contributed by atoms with van der Waals surface area (Å²) >= 11 is 0. The van der Waals surface area contributed by atoms with Gasteiger partial charge in [0, 0.05) is 18.8 Å². The van der Waals surface area contributed by atoms with Gasteiger partial charge in [-0.25, -0.2) is 4.68 Å². The number of nitrogens with zero attached hydrogens (tertiary/aromatic N) is 3. The Kier molecular flexibility index (Phi) is 4.74. The van der Waals surface area contributed by atoms with Gasteiger partial charge in [-0.1, -0.05) is 0 Å². The molecule has 0 unspecified atom stereocenters. The molecule has 2 aromatic rings. The highest BCUT2D eigenvalue weighted by atomic mass is 16.5. The monoisotopic (exact) mass is 343 g/mol. The molecule has 0 spiro atoms. The van der Waals surface area contributed by atoms with Crippen molar-refractivity contribution < 1.29 is 19.4 Å². The summed E-state index contributed by atoms with van der Waals surface area (Å²) in [5.74, 6) is -0.542. The number of benzene rings is 1. The van der Waals surface area contributed by atoms with Crippen LogP contribution in [0.4, 0.5) is 0 Å². The summed E-state index contributed by atoms with van der Waals surface area (Å²) in [5, 5.41) is 13.5. The molecule has 3 rings (SSSR count). The van der Waals surface area contributed by atoms with Crippen LogP contribution in [-0.4, -0.2) is 51.9 Å². The third kappa shape index (κ3) is 3.50. The van der Waals surface area contributed by atoms with Crippen LogP contribution in [-0.2, 0) is 4.79 Å². The molecular weight excluding hydrogens is 322 g/mol. The zero-order valence-electron chi connectivity index (χ0n) is 14.3. The number of piperidine rings is 1. The van der Waals surface area contributed by atoms with E-state index in [0.717, 1.165) is 17.1 Å². The first-order valence-electron chi connectivity index (χ1n) is 8.22. The van der Waals surface area contributed by atoms with Crippen molar-refractivity contribution >= 4 is 11.9 Å². The molecule has 25 heavy (non-hydrogen) atoms. The summed E-state index contributed by atoms with van der Waals surface area (Å²) in [6.45, 7) is 2.79. The third-order valence-corrected chi connectivity index (χ3v) is 4.55. The van der Waals surface area contributed by atoms with Crippen molar-refractivity contribution in [2.24, 2.45) is 5.92 Å². The van der Waals surface area contributed by atoms with E-state index in [0.29, 0.717) is 31.6 Å². The van der Waals surface area contributed by atoms with Crippen LogP contribution in [0.1, 0.15) is 29.0 Å². The van der Waals surface area contributed by atoms with Gasteiger partial charge in [0.1, 0.15) is 5.75 Å². The van der Waals surface area contributed by atoms with Gasteiger partial charge in [0.15, 0.2) is 5.69 Å². The maximum absolute atomic E-state index is 12.7. The minimum atomic E-state index is -0.785. The molecular formula is C18H21N3O4. The van der Waals surface area contributed by atoms with Crippen LogP contribution < -0.4 is 4.74 Å². The van der Waals surface area contributed by atoms with Gasteiger partial charge in [0.25, 0.3) is 5.91 Å². The molecule has 2 heterocycles. The summed E-state index contributed by atoms with van der Waals surface area (Å²) in [4.78, 5) is 25.4. The number of aromatic nitrogens is 2. The van der Waals surface area contributed by atoms with Crippen molar-refractivity contribution in [1.82, 2.24) is 14.7 Å². The van der Waals surface area contributed by atoms with Gasteiger partial charge >= 0.3 is 5.97 Å². The molecule has 0 atom stereocenters. The number of methoxy groups -OCH3 is 1. The predicted octanol–water partition coefficient (Wildman–Crippen LogP) is 2.13. The fourth-order valence-corrected chi connectivity index (χ4v) is 3.06. The molecule has 1 aliphatic rings. The smallest absolute Gasteiger partial charge is 0.306 e. The van der Waals surface area contributed by atoms with E-state index in [9.17, 15) is 9.59 Å². The maximum Gasteiger partial charge on any atom is 0.306 e. The van der Waals surface area contributed by atoms with Crippen molar-refractivity contribution in [3.05, 3.63) is 41.7 Å². The van der Waals surface area contributed by atoms with Crippen LogP contribution in [0.5, 0.6) is 5.75 Å². The fourth-order valence-electron chi connectivity index (χ4n) is 3.06. The molecule has 1 N–H and O–H groups in total. The largest absolute Gasteiger partial charge is 0.497 e. The van der Waals surface area contributed by atoms with E-state index in [1.165, 1.54) is 0 Å². The van der Waals surface area contributed by atoms with Crippen molar-refractivity contribution in [3.63, 3.8) is 0 Å². The van der Waals surface area contributed by atoms with Gasteiger partial charge in [0.2, 0.25) is 0 Å². The first-order chi connectivity index (χ1) is 12.0. The lowest BCUT2D eigenvalue weighted by atomic mass is 9.97. The summed E-state index contributed by atoms with van der Waals surface area (Å²) in [6.07, 6.45) is 0.971. The average molecular weight is 343 g/mol. The van der Waals surface area contributed by atoms with Crippen molar-refractivity contribution in [2.75, 3.05) is 20.2 Å². The van der Waals surface area contributed by atoms with Crippen LogP contribution in [0.3, 0.4) is 0 Å². The highest BCUT2D eigenvalue weighted by Crippen LogP contribution is 2.21. The minimum Gasteiger partial charge on any atom is -0.497 e. The molecule has 0 aliphatic carbocycles. The summed E-state index contributed by atoms with van der Waals surface area (Å²) in [5.41, 5.74) is 2.08. The number of aryl methyl sites for hydroxylation is 1. The van der Waals surface area contributed by atoms with Gasteiger partial charge in [-0.2, -0.15) is 5.10 Å². The van der Waals surface area contributed by atoms with Gasteiger partial charge in [-0.15, -0.1) is 0 Å². The van der Waals surface area contributed by atoms with Crippen LogP contribution in [0.25, 0.3) is 5.69 Å². The summed E-state index contributed by atoms with van der Waals surface area (Å²) < 4.78 is 6.87. The third-order valence-electron chi connectivity index (χ3n) is 4.55. The fraction of sp³-hybridized carbons (Fsp3) is 0.389. The van der Waals surface area contributed by atoms with E-state index < -0.39 is 5.97 Å². The highest BCUT2D eigenvalue weighted by molar-refractivity contribution is 5.92. The van der Waals surface area contributed by atoms with E-state index in [1.54, 1.807) is 22.8 Å². The Morgan fingerprint density at radius 1 is 1.20 bits per heavy atom. The zero-order chi connectivity index (χ0) is 18.0. The number of rotatable bonds is 4. The molecule has 7 heteroatoms. The minimum absolute atomic E-state index is 0.154. The second kappa shape index (κ2) is 6.96. The molecule has 1 saturated heterocycles. The van der Waals surface area contributed by atoms with Crippen LogP contribution in [0.15, 0.2) is 30.3 Å². The molecule has 7 nitrogen and oxygen atoms in total. The van der Waals surface area contributed by atoms with Crippen molar-refractivity contribution in [2.45, 2.75) is 19.8 Å². The van der Waals surface area contributed by atoms with Crippen molar-refractivity contribution in [3.8, 4) is 11.4 Å². The standard InChI is InChI=1S/C18H21N3O4/c1-12-11-16(17(22)20-9-7-13(8-10-20)18(23)24)19-21(12)14-3-5-15(25-2)6-4-14/h3-6,11,13H,7-10H2,1-2H3,(H,23,24). The number of amides is 1. The molecule has 0 radical (unpaired) electrons. The number of carboxylic acids is 1. The SMILES string of the molecule is COc1ccc(-n2nc(C(=O)N3CCC(C(=O)O)CC3)cc2C)cc1. The Morgan fingerprint density at radius 3 is 2.40 bits per heavy atom. The second-order valence-electron chi connectivity index (χ2n) is 6.19. The van der Waals surface area contributed by atoms with Gasteiger partial charge in [-0.3, -0.25) is 9.59 Å². The summed E-state index contributed by atoms with van der Waals surface area (Å²) in [7, 11) is 1.61. The number of hydrogen-bond donors (Lipinski definition) is 1. The van der Waals surface area contributed by atoms with Crippen LogP contribution >= 0.6 is 0 Å². The van der Waals surface area contributed by atoms with Gasteiger partial charge < -0.3 is 14.7 Å². The molecule has 1 amide bonds. The molecule has 0 saturated carbocycles. The lowest BCUT2D eigenvalue weighted by Gasteiger charge is -2.29. The van der Waals surface area contributed by atoms with E-state index in [1.807, 2.05) is 31.2 Å². The Hall–Kier alpha value is -2.83. The van der Waals surface area contributed by atoms with Crippen molar-refractivity contribution in [1.29, 1.82) is 0 Å². The first-order valence-corrected chi connectivity index (χ1v) is 8.22. The summed E-state index contributed by atoms with van der Waals surface area (Å²) in [6, 6.07) is 9.20. The molecule has 0 bridgehead atoms. The topological polar surface area (TPSA) is 84.7 Å². The molecule has 1 aromatic heterocycles. The van der Waals surface area contributed by atoms with Crippen LogP contribution in [0.2, 0.25) is 0 Å². The van der Waals surface area contributed by atoms with Crippen LogP contribution in [0, 0.1) is 12.8 Å². The molecule has 1 aliphatic heterocycles. The molecule has 132 valence electrons. The van der Waals surface area contributed by atoms with E-state index in [2.05, 4.69) is 5.10 Å². The number of carboxylic acid groups (broad SMARTS) is 1. The second-order valence-corrected chi connectivity index (χ2v) is 6.19. The number of carbonyl (C=O) groups excluding carboxylic acids is 1. The number of aliphatic carboxylic acids is 1.